The Morgan fingerprint density at radius 1 is 1.05 bits per heavy atom. The molecule has 0 aliphatic heterocycles. The van der Waals surface area contributed by atoms with E-state index in [1.807, 2.05) is 0 Å². The van der Waals surface area contributed by atoms with Crippen LogP contribution in [0.1, 0.15) is 5.56 Å². The van der Waals surface area contributed by atoms with Gasteiger partial charge >= 0.3 is 0 Å². The molecule has 21 heavy (non-hydrogen) atoms. The molecule has 0 heterocycles. The van der Waals surface area contributed by atoms with Crippen molar-refractivity contribution in [2.45, 2.75) is 9.05 Å². The first-order valence-electron chi connectivity index (χ1n) is 6.20. The molecule has 0 aromatic heterocycles. The molecular formula is C15H14BrNO3S. The highest BCUT2D eigenvalue weighted by atomic mass is 79.9. The lowest BCUT2D eigenvalue weighted by atomic mass is 10.1. The first-order chi connectivity index (χ1) is 9.94. The molecule has 1 atom stereocenters. The summed E-state index contributed by atoms with van der Waals surface area (Å²) in [7, 11) is -2.40. The highest BCUT2D eigenvalue weighted by Gasteiger charge is 2.35. The number of hydroxylamine groups is 1. The molecule has 0 aliphatic carbocycles. The lowest BCUT2D eigenvalue weighted by Gasteiger charge is -2.14. The van der Waals surface area contributed by atoms with Crippen LogP contribution in [0.3, 0.4) is 0 Å². The molecule has 6 heteroatoms. The molecule has 0 fully saturated rings. The molecule has 0 aliphatic rings. The van der Waals surface area contributed by atoms with Gasteiger partial charge in [0.2, 0.25) is 19.7 Å². The van der Waals surface area contributed by atoms with Gasteiger partial charge in [0.1, 0.15) is 7.05 Å². The van der Waals surface area contributed by atoms with Crippen molar-refractivity contribution in [2.24, 2.45) is 0 Å². The fraction of sp³-hybridized carbons (Fsp3) is 0.133. The van der Waals surface area contributed by atoms with Crippen LogP contribution in [0.5, 0.6) is 0 Å². The van der Waals surface area contributed by atoms with Crippen molar-refractivity contribution in [2.75, 3.05) is 7.05 Å². The van der Waals surface area contributed by atoms with Gasteiger partial charge in [-0.2, -0.15) is 0 Å². The van der Waals surface area contributed by atoms with Gasteiger partial charge in [-0.25, -0.2) is 13.2 Å². The predicted octanol–water partition coefficient (Wildman–Crippen LogP) is 2.81. The molecule has 4 nitrogen and oxygen atoms in total. The van der Waals surface area contributed by atoms with Crippen LogP contribution in [0, 0.1) is 5.21 Å². The van der Waals surface area contributed by atoms with E-state index in [1.54, 1.807) is 48.5 Å². The van der Waals surface area contributed by atoms with Gasteiger partial charge in [0.25, 0.3) is 0 Å². The second-order valence-corrected chi connectivity index (χ2v) is 7.98. The number of benzene rings is 2. The molecule has 0 amide bonds. The first kappa shape index (κ1) is 15.7. The first-order valence-corrected chi connectivity index (χ1v) is 8.67. The minimum Gasteiger partial charge on any atom is -0.624 e. The normalized spacial score (nSPS) is 14.4. The summed E-state index contributed by atoms with van der Waals surface area (Å²) in [6.45, 7) is 0. The third kappa shape index (κ3) is 3.33. The third-order valence-corrected chi connectivity index (χ3v) is 6.58. The Hall–Kier alpha value is -1.66. The molecule has 0 bridgehead atoms. The van der Waals surface area contributed by atoms with Gasteiger partial charge in [-0.15, -0.1) is 0 Å². The van der Waals surface area contributed by atoms with Crippen molar-refractivity contribution < 1.29 is 13.2 Å². The maximum absolute atomic E-state index is 12.6. The Kier molecular flexibility index (Phi) is 4.80. The van der Waals surface area contributed by atoms with Gasteiger partial charge in [0, 0.05) is 5.56 Å². The van der Waals surface area contributed by atoms with E-state index in [0.29, 0.717) is 10.3 Å². The number of alkyl halides is 1. The average molecular weight is 368 g/mol. The van der Waals surface area contributed by atoms with Crippen LogP contribution in [-0.2, 0) is 9.84 Å². The molecule has 2 aromatic carbocycles. The second kappa shape index (κ2) is 6.41. The van der Waals surface area contributed by atoms with Gasteiger partial charge in [0.15, 0.2) is 0 Å². The highest BCUT2D eigenvalue weighted by Crippen LogP contribution is 2.24. The zero-order valence-electron chi connectivity index (χ0n) is 11.3. The largest absolute Gasteiger partial charge is 0.624 e. The van der Waals surface area contributed by atoms with E-state index in [9.17, 15) is 13.6 Å². The van der Waals surface area contributed by atoms with Crippen molar-refractivity contribution in [3.8, 4) is 0 Å². The summed E-state index contributed by atoms with van der Waals surface area (Å²) >= 11 is 3.17. The molecule has 0 saturated heterocycles. The van der Waals surface area contributed by atoms with Crippen molar-refractivity contribution in [1.82, 2.24) is 0 Å². The molecule has 2 aromatic rings. The molecule has 0 N–H and O–H groups in total. The van der Waals surface area contributed by atoms with Crippen LogP contribution < -0.4 is 0 Å². The Labute approximate surface area is 132 Å². The number of hydrogen-bond donors (Lipinski definition) is 0. The van der Waals surface area contributed by atoms with E-state index >= 15 is 0 Å². The number of nitrogens with zero attached hydrogens (tertiary/aromatic N) is 1. The quantitative estimate of drug-likeness (QED) is 0.274. The van der Waals surface area contributed by atoms with Crippen molar-refractivity contribution in [1.29, 1.82) is 0 Å². The van der Waals surface area contributed by atoms with Crippen LogP contribution in [0.4, 0.5) is 0 Å². The summed E-state index contributed by atoms with van der Waals surface area (Å²) in [5.41, 5.74) is 0.718. The molecule has 0 saturated carbocycles. The Balaban J connectivity index is 2.51. The number of halogens is 1. The second-order valence-electron chi connectivity index (χ2n) is 4.42. The minimum absolute atomic E-state index is 0.152. The fourth-order valence-electron chi connectivity index (χ4n) is 1.94. The Bertz CT molecular complexity index is 739. The van der Waals surface area contributed by atoms with Crippen molar-refractivity contribution >= 4 is 31.5 Å². The van der Waals surface area contributed by atoms with E-state index < -0.39 is 14.0 Å². The van der Waals surface area contributed by atoms with Crippen molar-refractivity contribution in [3.63, 3.8) is 0 Å². The third-order valence-electron chi connectivity index (χ3n) is 2.97. The van der Waals surface area contributed by atoms with Crippen LogP contribution in [0.15, 0.2) is 65.6 Å². The van der Waals surface area contributed by atoms with Crippen LogP contribution in [0.25, 0.3) is 0 Å². The SMILES string of the molecule is C/[N+]([O-])=C(/c1ccccc1)C(Br)S(=O)(=O)c1ccccc1. The smallest absolute Gasteiger partial charge is 0.223 e. The predicted molar refractivity (Wildman–Crippen MR) is 86.4 cm³/mol. The van der Waals surface area contributed by atoms with Crippen molar-refractivity contribution in [3.05, 3.63) is 71.4 Å². The average Bonchev–Trinajstić information content (AvgIpc) is 2.49. The monoisotopic (exact) mass is 367 g/mol. The van der Waals surface area contributed by atoms with Crippen LogP contribution in [0.2, 0.25) is 0 Å². The summed E-state index contributed by atoms with van der Waals surface area (Å²) in [4.78, 5) is 0.169. The van der Waals surface area contributed by atoms with Crippen LogP contribution >= 0.6 is 15.9 Å². The number of rotatable bonds is 4. The minimum atomic E-state index is -3.69. The lowest BCUT2D eigenvalue weighted by molar-refractivity contribution is -0.422. The van der Waals surface area contributed by atoms with Gasteiger partial charge < -0.3 is 5.21 Å². The topological polar surface area (TPSA) is 60.2 Å². The summed E-state index contributed by atoms with van der Waals surface area (Å²) in [5, 5.41) is 11.8. The zero-order chi connectivity index (χ0) is 15.5. The molecule has 0 spiro atoms. The highest BCUT2D eigenvalue weighted by molar-refractivity contribution is 9.11. The fourth-order valence-corrected chi connectivity index (χ4v) is 4.50. The summed E-state index contributed by atoms with van der Waals surface area (Å²) in [6.07, 6.45) is 0. The Morgan fingerprint density at radius 3 is 2.00 bits per heavy atom. The molecular weight excluding hydrogens is 354 g/mol. The van der Waals surface area contributed by atoms with Gasteiger partial charge in [0.05, 0.1) is 4.90 Å². The molecule has 1 unspecified atom stereocenters. The summed E-state index contributed by atoms with van der Waals surface area (Å²) < 4.78 is 24.7. The van der Waals surface area contributed by atoms with Gasteiger partial charge in [-0.3, -0.25) is 0 Å². The van der Waals surface area contributed by atoms with E-state index in [-0.39, 0.29) is 10.6 Å². The molecule has 110 valence electrons. The number of sulfone groups is 1. The zero-order valence-corrected chi connectivity index (χ0v) is 13.7. The van der Waals surface area contributed by atoms with E-state index in [4.69, 9.17) is 0 Å². The Morgan fingerprint density at radius 2 is 1.52 bits per heavy atom. The van der Waals surface area contributed by atoms with Crippen LogP contribution in [-0.4, -0.2) is 30.1 Å². The van der Waals surface area contributed by atoms with Gasteiger partial charge in [-0.05, 0) is 24.3 Å². The van der Waals surface area contributed by atoms with E-state index in [1.165, 1.54) is 19.2 Å². The molecule has 0 radical (unpaired) electrons. The van der Waals surface area contributed by atoms with E-state index in [0.717, 1.165) is 0 Å². The lowest BCUT2D eigenvalue weighted by Crippen LogP contribution is -2.31. The maximum Gasteiger partial charge on any atom is 0.223 e. The van der Waals surface area contributed by atoms with E-state index in [2.05, 4.69) is 15.9 Å². The maximum atomic E-state index is 12.6. The number of hydrogen-bond acceptors (Lipinski definition) is 3. The summed E-state index contributed by atoms with van der Waals surface area (Å²) in [6, 6.07) is 16.8. The van der Waals surface area contributed by atoms with Gasteiger partial charge in [-0.1, -0.05) is 52.3 Å². The molecule has 2 rings (SSSR count). The standard InChI is InChI=1S/C15H14BrNO3S/c1-17(18)14(12-8-4-2-5-9-12)15(16)21(19,20)13-10-6-3-7-11-13/h2-11,15H,1H3/b17-14+. The summed E-state index contributed by atoms with van der Waals surface area (Å²) in [5.74, 6) is 0.